The van der Waals surface area contributed by atoms with E-state index >= 15 is 0 Å². The molecule has 0 N–H and O–H groups in total. The number of hydrogen-bond donors (Lipinski definition) is 0. The van der Waals surface area contributed by atoms with E-state index in [4.69, 9.17) is 0 Å². The number of hydrogen-bond acceptors (Lipinski definition) is 1. The molecule has 0 spiro atoms. The van der Waals surface area contributed by atoms with E-state index in [1.165, 1.54) is 11.8 Å². The van der Waals surface area contributed by atoms with Crippen molar-refractivity contribution in [2.24, 2.45) is 0 Å². The number of rotatable bonds is 2. The van der Waals surface area contributed by atoms with Gasteiger partial charge in [-0.25, -0.2) is 4.39 Å². The van der Waals surface area contributed by atoms with Crippen LogP contribution in [0.4, 0.5) is 4.39 Å². The van der Waals surface area contributed by atoms with Crippen LogP contribution >= 0.6 is 27.7 Å². The van der Waals surface area contributed by atoms with Crippen LogP contribution in [0.5, 0.6) is 0 Å². The maximum atomic E-state index is 13.2. The normalized spacial score (nSPS) is 10.3. The fourth-order valence-corrected chi connectivity index (χ4v) is 2.54. The van der Waals surface area contributed by atoms with Crippen molar-refractivity contribution in [1.82, 2.24) is 0 Å². The smallest absolute Gasteiger partial charge is 0.138 e. The van der Waals surface area contributed by atoms with E-state index in [0.29, 0.717) is 4.90 Å². The lowest BCUT2D eigenvalue weighted by Gasteiger charge is -2.04. The Bertz CT molecular complexity index is 263. The molecule has 12 heavy (non-hydrogen) atoms. The lowest BCUT2D eigenvalue weighted by molar-refractivity contribution is 0.599. The van der Waals surface area contributed by atoms with Crippen LogP contribution in [-0.4, -0.2) is 5.75 Å². The van der Waals surface area contributed by atoms with Gasteiger partial charge in [0, 0.05) is 4.47 Å². The first kappa shape index (κ1) is 10.1. The molecule has 0 aliphatic heterocycles. The molecule has 0 nitrogen and oxygen atoms in total. The van der Waals surface area contributed by atoms with Gasteiger partial charge in [0.1, 0.15) is 5.82 Å². The monoisotopic (exact) mass is 248 g/mol. The summed E-state index contributed by atoms with van der Waals surface area (Å²) in [4.78, 5) is 0.711. The van der Waals surface area contributed by atoms with Gasteiger partial charge in [-0.05, 0) is 46.3 Å². The SMILES string of the molecule is CCSc1c(F)cc(C)cc1Br. The third kappa shape index (κ3) is 2.23. The molecule has 1 aromatic carbocycles. The Morgan fingerprint density at radius 2 is 2.17 bits per heavy atom. The van der Waals surface area contributed by atoms with Gasteiger partial charge < -0.3 is 0 Å². The molecule has 0 unspecified atom stereocenters. The van der Waals surface area contributed by atoms with Crippen LogP contribution in [0, 0.1) is 12.7 Å². The van der Waals surface area contributed by atoms with Crippen molar-refractivity contribution >= 4 is 27.7 Å². The molecule has 0 heterocycles. The van der Waals surface area contributed by atoms with Crippen LogP contribution in [0.1, 0.15) is 12.5 Å². The Hall–Kier alpha value is -0.0200. The first-order chi connectivity index (χ1) is 5.65. The molecular weight excluding hydrogens is 239 g/mol. The first-order valence-corrected chi connectivity index (χ1v) is 5.51. The van der Waals surface area contributed by atoms with Crippen LogP contribution in [0.3, 0.4) is 0 Å². The minimum Gasteiger partial charge on any atom is -0.206 e. The van der Waals surface area contributed by atoms with Gasteiger partial charge in [-0.3, -0.25) is 0 Å². The van der Waals surface area contributed by atoms with Crippen molar-refractivity contribution in [3.8, 4) is 0 Å². The minimum absolute atomic E-state index is 0.131. The quantitative estimate of drug-likeness (QED) is 0.713. The molecule has 1 rings (SSSR count). The zero-order valence-corrected chi connectivity index (χ0v) is 9.43. The summed E-state index contributed by atoms with van der Waals surface area (Å²) in [6.07, 6.45) is 0. The van der Waals surface area contributed by atoms with Gasteiger partial charge in [0.15, 0.2) is 0 Å². The molecule has 0 fully saturated rings. The average molecular weight is 249 g/mol. The molecule has 0 aromatic heterocycles. The summed E-state index contributed by atoms with van der Waals surface area (Å²) >= 11 is 4.85. The minimum atomic E-state index is -0.131. The molecular formula is C9H10BrFS. The van der Waals surface area contributed by atoms with E-state index in [1.807, 2.05) is 19.9 Å². The van der Waals surface area contributed by atoms with Gasteiger partial charge in [-0.1, -0.05) is 6.92 Å². The molecule has 0 saturated heterocycles. The van der Waals surface area contributed by atoms with Crippen molar-refractivity contribution in [2.45, 2.75) is 18.7 Å². The van der Waals surface area contributed by atoms with Crippen LogP contribution < -0.4 is 0 Å². The Morgan fingerprint density at radius 3 is 2.67 bits per heavy atom. The molecule has 3 heteroatoms. The third-order valence-corrected chi connectivity index (χ3v) is 3.31. The zero-order valence-electron chi connectivity index (χ0n) is 7.03. The van der Waals surface area contributed by atoms with Crippen molar-refractivity contribution in [3.63, 3.8) is 0 Å². The maximum Gasteiger partial charge on any atom is 0.138 e. The van der Waals surface area contributed by atoms with Gasteiger partial charge in [0.05, 0.1) is 4.90 Å². The van der Waals surface area contributed by atoms with Gasteiger partial charge in [0.2, 0.25) is 0 Å². The average Bonchev–Trinajstić information content (AvgIpc) is 1.96. The van der Waals surface area contributed by atoms with Crippen molar-refractivity contribution < 1.29 is 4.39 Å². The van der Waals surface area contributed by atoms with Gasteiger partial charge in [-0.2, -0.15) is 0 Å². The molecule has 0 atom stereocenters. The molecule has 0 saturated carbocycles. The molecule has 0 aliphatic rings. The van der Waals surface area contributed by atoms with Crippen LogP contribution in [0.15, 0.2) is 21.5 Å². The predicted molar refractivity (Wildman–Crippen MR) is 55.2 cm³/mol. The van der Waals surface area contributed by atoms with E-state index in [1.54, 1.807) is 6.07 Å². The summed E-state index contributed by atoms with van der Waals surface area (Å²) < 4.78 is 14.1. The molecule has 0 amide bonds. The zero-order chi connectivity index (χ0) is 9.14. The van der Waals surface area contributed by atoms with E-state index in [2.05, 4.69) is 15.9 Å². The summed E-state index contributed by atoms with van der Waals surface area (Å²) in [5.74, 6) is 0.757. The van der Waals surface area contributed by atoms with Crippen LogP contribution in [0.25, 0.3) is 0 Å². The van der Waals surface area contributed by atoms with Crippen molar-refractivity contribution in [1.29, 1.82) is 0 Å². The van der Waals surface area contributed by atoms with E-state index in [0.717, 1.165) is 15.8 Å². The van der Waals surface area contributed by atoms with Gasteiger partial charge in [-0.15, -0.1) is 11.8 Å². The third-order valence-electron chi connectivity index (χ3n) is 1.43. The Kier molecular flexibility index (Phi) is 3.59. The van der Waals surface area contributed by atoms with Gasteiger partial charge in [0.25, 0.3) is 0 Å². The second-order valence-electron chi connectivity index (χ2n) is 2.49. The lowest BCUT2D eigenvalue weighted by atomic mass is 10.2. The highest BCUT2D eigenvalue weighted by atomic mass is 79.9. The summed E-state index contributed by atoms with van der Waals surface area (Å²) in [6.45, 7) is 3.89. The summed E-state index contributed by atoms with van der Waals surface area (Å²) in [5, 5.41) is 0. The Morgan fingerprint density at radius 1 is 1.50 bits per heavy atom. The molecule has 0 radical (unpaired) electrons. The predicted octanol–water partition coefficient (Wildman–Crippen LogP) is 4.01. The number of thioether (sulfide) groups is 1. The standard InChI is InChI=1S/C9H10BrFS/c1-3-12-9-7(10)4-6(2)5-8(9)11/h4-5H,3H2,1-2H3. The van der Waals surface area contributed by atoms with Crippen LogP contribution in [0.2, 0.25) is 0 Å². The Balaban J connectivity index is 3.10. The van der Waals surface area contributed by atoms with Gasteiger partial charge >= 0.3 is 0 Å². The topological polar surface area (TPSA) is 0 Å². The first-order valence-electron chi connectivity index (χ1n) is 3.73. The largest absolute Gasteiger partial charge is 0.206 e. The number of halogens is 2. The fourth-order valence-electron chi connectivity index (χ4n) is 0.969. The maximum absolute atomic E-state index is 13.2. The highest BCUT2D eigenvalue weighted by Gasteiger charge is 2.06. The molecule has 66 valence electrons. The highest BCUT2D eigenvalue weighted by molar-refractivity contribution is 9.10. The van der Waals surface area contributed by atoms with E-state index in [-0.39, 0.29) is 5.82 Å². The summed E-state index contributed by atoms with van der Waals surface area (Å²) in [5.41, 5.74) is 0.944. The Labute approximate surface area is 84.7 Å². The second-order valence-corrected chi connectivity index (χ2v) is 4.62. The molecule has 0 aliphatic carbocycles. The lowest BCUT2D eigenvalue weighted by Crippen LogP contribution is -1.85. The molecule has 1 aromatic rings. The highest BCUT2D eigenvalue weighted by Crippen LogP contribution is 2.30. The summed E-state index contributed by atoms with van der Waals surface area (Å²) in [7, 11) is 0. The van der Waals surface area contributed by atoms with Crippen molar-refractivity contribution in [3.05, 3.63) is 28.0 Å². The number of aryl methyl sites for hydroxylation is 1. The van der Waals surface area contributed by atoms with Crippen LogP contribution in [-0.2, 0) is 0 Å². The summed E-state index contributed by atoms with van der Waals surface area (Å²) in [6, 6.07) is 3.49. The van der Waals surface area contributed by atoms with E-state index in [9.17, 15) is 4.39 Å². The number of benzene rings is 1. The fraction of sp³-hybridized carbons (Fsp3) is 0.333. The van der Waals surface area contributed by atoms with E-state index < -0.39 is 0 Å². The second kappa shape index (κ2) is 4.28. The molecule has 0 bridgehead atoms. The van der Waals surface area contributed by atoms with Crippen molar-refractivity contribution in [2.75, 3.05) is 5.75 Å².